The second kappa shape index (κ2) is 11.7. The summed E-state index contributed by atoms with van der Waals surface area (Å²) in [5, 5.41) is 33.1. The Balaban J connectivity index is 0.00000100. The summed E-state index contributed by atoms with van der Waals surface area (Å²) in [6.45, 7) is 3.37. The molecule has 35 heavy (non-hydrogen) atoms. The van der Waals surface area contributed by atoms with E-state index in [9.17, 15) is 24.2 Å². The fraction of sp³-hybridized carbons (Fsp3) is 0.304. The first-order chi connectivity index (χ1) is 16.4. The van der Waals surface area contributed by atoms with Crippen molar-refractivity contribution >= 4 is 23.4 Å². The maximum Gasteiger partial charge on any atom is 0.339 e. The summed E-state index contributed by atoms with van der Waals surface area (Å²) in [6.07, 6.45) is 1.44. The van der Waals surface area contributed by atoms with Crippen molar-refractivity contribution in [1.82, 2.24) is 4.90 Å². The summed E-state index contributed by atoms with van der Waals surface area (Å²) in [5.41, 5.74) is 1.16. The van der Waals surface area contributed by atoms with Gasteiger partial charge in [-0.15, -0.1) is 10.1 Å². The number of aliphatic hydroxyl groups excluding tert-OH is 1. The Kier molecular flexibility index (Phi) is 9.29. The molecule has 0 heterocycles. The molecular weight excluding hydrogens is 487 g/mol. The molecule has 12 heteroatoms. The summed E-state index contributed by atoms with van der Waals surface area (Å²) >= 11 is 5.88. The van der Waals surface area contributed by atoms with Gasteiger partial charge in [-0.3, -0.25) is 9.69 Å². The third-order valence-electron chi connectivity index (χ3n) is 5.41. The van der Waals surface area contributed by atoms with E-state index in [0.717, 1.165) is 0 Å². The lowest BCUT2D eigenvalue weighted by molar-refractivity contribution is -0.742. The smallest absolute Gasteiger partial charge is 0.339 e. The van der Waals surface area contributed by atoms with Crippen molar-refractivity contribution in [2.75, 3.05) is 13.8 Å². The van der Waals surface area contributed by atoms with Gasteiger partial charge in [0.05, 0.1) is 24.9 Å². The molecule has 0 aliphatic heterocycles. The van der Waals surface area contributed by atoms with Gasteiger partial charge in [0.25, 0.3) is 5.09 Å². The molecule has 1 aliphatic carbocycles. The first-order valence-corrected chi connectivity index (χ1v) is 10.6. The number of Topliss-reactive ketones (excluding diaryl/α,β-unsaturated/α-hetero) is 1. The fourth-order valence-corrected chi connectivity index (χ4v) is 3.98. The summed E-state index contributed by atoms with van der Waals surface area (Å²) < 4.78 is 19.9. The summed E-state index contributed by atoms with van der Waals surface area (Å²) in [7, 11) is 1.46. The lowest BCUT2D eigenvalue weighted by atomic mass is 9.84. The highest BCUT2D eigenvalue weighted by molar-refractivity contribution is 6.30. The van der Waals surface area contributed by atoms with Crippen molar-refractivity contribution in [3.63, 3.8) is 0 Å². The minimum Gasteiger partial charge on any atom is -0.496 e. The molecule has 1 atom stereocenters. The number of rotatable bonds is 7. The van der Waals surface area contributed by atoms with Gasteiger partial charge in [-0.1, -0.05) is 23.7 Å². The summed E-state index contributed by atoms with van der Waals surface area (Å²) in [5.74, 6) is -2.13. The first-order valence-electron chi connectivity index (χ1n) is 10.3. The largest absolute Gasteiger partial charge is 0.496 e. The monoisotopic (exact) mass is 510 g/mol. The van der Waals surface area contributed by atoms with Crippen molar-refractivity contribution in [3.05, 3.63) is 85.2 Å². The Labute approximate surface area is 204 Å². The topological polar surface area (TPSA) is 150 Å². The minimum absolute atomic E-state index is 0.0165. The number of carbonyl (C=O) groups excluding carboxylic acids is 1. The highest BCUT2D eigenvalue weighted by Gasteiger charge is 2.35. The van der Waals surface area contributed by atoms with E-state index in [-0.39, 0.29) is 35.4 Å². The van der Waals surface area contributed by atoms with Crippen LogP contribution in [0.1, 0.15) is 46.9 Å². The first kappa shape index (κ1) is 27.7. The molecule has 3 rings (SSSR count). The van der Waals surface area contributed by atoms with Gasteiger partial charge >= 0.3 is 5.97 Å². The molecule has 0 saturated carbocycles. The Morgan fingerprint density at radius 2 is 1.94 bits per heavy atom. The maximum absolute atomic E-state index is 14.4. The zero-order valence-corrected chi connectivity index (χ0v) is 19.8. The lowest BCUT2D eigenvalue weighted by Crippen LogP contribution is -2.38. The number of ether oxygens (including phenoxy) is 1. The zero-order valence-electron chi connectivity index (χ0n) is 19.1. The summed E-state index contributed by atoms with van der Waals surface area (Å²) in [4.78, 5) is 34.7. The van der Waals surface area contributed by atoms with E-state index in [0.29, 0.717) is 22.4 Å². The average molecular weight is 511 g/mol. The Hall–Kier alpha value is -3.54. The molecule has 0 radical (unpaired) electrons. The number of hydrogen-bond donors (Lipinski definition) is 3. The molecule has 0 saturated heterocycles. The zero-order chi connectivity index (χ0) is 26.4. The number of ketones is 1. The molecule has 0 spiro atoms. The number of aliphatic carboxylic acids is 1. The van der Waals surface area contributed by atoms with Crippen LogP contribution in [-0.4, -0.2) is 57.0 Å². The average Bonchev–Trinajstić information content (AvgIpc) is 2.77. The van der Waals surface area contributed by atoms with E-state index < -0.39 is 28.7 Å². The van der Waals surface area contributed by atoms with Crippen LogP contribution < -0.4 is 4.74 Å². The van der Waals surface area contributed by atoms with Crippen LogP contribution in [0.3, 0.4) is 0 Å². The molecule has 2 aromatic rings. The van der Waals surface area contributed by atoms with Gasteiger partial charge in [-0.05, 0) is 54.8 Å². The second-order valence-corrected chi connectivity index (χ2v) is 8.19. The Morgan fingerprint density at radius 1 is 1.31 bits per heavy atom. The molecule has 0 amide bonds. The summed E-state index contributed by atoms with van der Waals surface area (Å²) in [6, 6.07) is 7.06. The number of halogens is 2. The molecule has 0 fully saturated rings. The van der Waals surface area contributed by atoms with Gasteiger partial charge in [0.1, 0.15) is 17.1 Å². The van der Waals surface area contributed by atoms with Crippen molar-refractivity contribution in [1.29, 1.82) is 0 Å². The van der Waals surface area contributed by atoms with E-state index in [2.05, 4.69) is 0 Å². The van der Waals surface area contributed by atoms with Gasteiger partial charge < -0.3 is 20.2 Å². The van der Waals surface area contributed by atoms with Crippen molar-refractivity contribution < 1.29 is 39.2 Å². The number of methoxy groups -OCH3 is 1. The van der Waals surface area contributed by atoms with Gasteiger partial charge in [0, 0.05) is 18.0 Å². The number of fused-ring (bicyclic) bond motifs is 1. The van der Waals surface area contributed by atoms with Crippen molar-refractivity contribution in [2.45, 2.75) is 32.4 Å². The normalized spacial score (nSPS) is 14.7. The SMILES string of the molecule is COc1cc2c(cc1Cc1cccc(Cl)c1F)C(=O)C(C(=O)O)=CC2N(CO)C(C)C.O=[N+]([O-])O. The molecule has 10 nitrogen and oxygen atoms in total. The van der Waals surface area contributed by atoms with Crippen LogP contribution in [0.5, 0.6) is 5.75 Å². The van der Waals surface area contributed by atoms with E-state index >= 15 is 0 Å². The molecule has 2 aromatic carbocycles. The lowest BCUT2D eigenvalue weighted by Gasteiger charge is -2.35. The third kappa shape index (κ3) is 6.32. The van der Waals surface area contributed by atoms with Crippen LogP contribution >= 0.6 is 11.6 Å². The number of hydrogen-bond acceptors (Lipinski definition) is 7. The van der Waals surface area contributed by atoms with Crippen molar-refractivity contribution in [2.24, 2.45) is 0 Å². The predicted molar refractivity (Wildman–Crippen MR) is 123 cm³/mol. The number of carboxylic acid groups (broad SMARTS) is 1. The van der Waals surface area contributed by atoms with Crippen LogP contribution in [-0.2, 0) is 11.2 Å². The number of aliphatic hydroxyl groups is 1. The Morgan fingerprint density at radius 3 is 2.46 bits per heavy atom. The van der Waals surface area contributed by atoms with Crippen LogP contribution in [0.15, 0.2) is 42.0 Å². The highest BCUT2D eigenvalue weighted by Crippen LogP contribution is 2.38. The van der Waals surface area contributed by atoms with Crippen molar-refractivity contribution in [3.8, 4) is 5.75 Å². The standard InChI is InChI=1S/C23H23ClFNO5.HNO3/c1-12(2)26(11-27)19-9-17(23(29)30)22(28)16-8-14(20(31-3)10-15(16)19)7-13-5-4-6-18(24)21(13)25;2-1(3)4/h4-6,8-10,12,19,27H,7,11H2,1-3H3,(H,29,30);(H,2,3,4). The van der Waals surface area contributed by atoms with Crippen LogP contribution in [0, 0.1) is 15.9 Å². The molecular formula is C23H24ClFN2O8. The van der Waals surface area contributed by atoms with Gasteiger partial charge in [0.2, 0.25) is 0 Å². The molecule has 188 valence electrons. The van der Waals surface area contributed by atoms with Gasteiger partial charge in [-0.2, -0.15) is 0 Å². The molecule has 1 aliphatic rings. The van der Waals surface area contributed by atoms with Gasteiger partial charge in [0.15, 0.2) is 5.78 Å². The Bertz CT molecular complexity index is 1160. The van der Waals surface area contributed by atoms with Gasteiger partial charge in [-0.25, -0.2) is 9.18 Å². The third-order valence-corrected chi connectivity index (χ3v) is 5.70. The molecule has 3 N–H and O–H groups in total. The van der Waals surface area contributed by atoms with Crippen LogP contribution in [0.25, 0.3) is 0 Å². The number of carboxylic acids is 1. The van der Waals surface area contributed by atoms with Crippen LogP contribution in [0.4, 0.5) is 4.39 Å². The highest BCUT2D eigenvalue weighted by atomic mass is 35.5. The van der Waals surface area contributed by atoms with E-state index in [4.69, 9.17) is 31.7 Å². The molecule has 1 unspecified atom stereocenters. The van der Waals surface area contributed by atoms with E-state index in [1.807, 2.05) is 13.8 Å². The molecule has 0 aromatic heterocycles. The minimum atomic E-state index is -1.50. The number of carbonyl (C=O) groups is 2. The van der Waals surface area contributed by atoms with E-state index in [1.54, 1.807) is 23.1 Å². The quantitative estimate of drug-likeness (QED) is 0.219. The number of benzene rings is 2. The maximum atomic E-state index is 14.4. The fourth-order valence-electron chi connectivity index (χ4n) is 3.78. The predicted octanol–water partition coefficient (Wildman–Crippen LogP) is 3.64. The molecule has 0 bridgehead atoms. The van der Waals surface area contributed by atoms with E-state index in [1.165, 1.54) is 25.3 Å². The number of nitrogens with zero attached hydrogens (tertiary/aromatic N) is 2. The van der Waals surface area contributed by atoms with Crippen LogP contribution in [0.2, 0.25) is 5.02 Å². The second-order valence-electron chi connectivity index (χ2n) is 7.79.